The number of likely N-dealkylation sites (N-methyl/N-ethyl adjacent to an activating group) is 1. The Morgan fingerprint density at radius 1 is 0.645 bits per heavy atom. The van der Waals surface area contributed by atoms with Gasteiger partial charge in [-0.15, -0.1) is 24.0 Å². The van der Waals surface area contributed by atoms with E-state index in [2.05, 4.69) is 20.0 Å². The summed E-state index contributed by atoms with van der Waals surface area (Å²) in [5, 5.41) is 3.70. The minimum absolute atomic E-state index is 0. The quantitative estimate of drug-likeness (QED) is 0.299. The molecule has 16 heteroatoms. The first kappa shape index (κ1) is 50.9. The van der Waals surface area contributed by atoms with Crippen LogP contribution in [0.25, 0.3) is 0 Å². The van der Waals surface area contributed by atoms with E-state index in [1.807, 2.05) is 37.7 Å². The Bertz CT molecular complexity index is 1440. The predicted molar refractivity (Wildman–Crippen MR) is 247 cm³/mol. The second kappa shape index (κ2) is 23.4. The van der Waals surface area contributed by atoms with E-state index in [9.17, 15) is 19.2 Å². The second-order valence-electron chi connectivity index (χ2n) is 20.2. The molecule has 2 saturated carbocycles. The molecule has 0 aromatic carbocycles. The summed E-state index contributed by atoms with van der Waals surface area (Å²) >= 11 is 5.16. The summed E-state index contributed by atoms with van der Waals surface area (Å²) in [4.78, 5) is 61.3. The van der Waals surface area contributed by atoms with Crippen molar-refractivity contribution in [1.29, 1.82) is 0 Å². The van der Waals surface area contributed by atoms with Gasteiger partial charge < -0.3 is 44.2 Å². The molecule has 0 radical (unpaired) electrons. The van der Waals surface area contributed by atoms with Crippen LogP contribution in [0.3, 0.4) is 0 Å². The van der Waals surface area contributed by atoms with Crippen LogP contribution in [0.15, 0.2) is 0 Å². The number of piperidine rings is 2. The Hall–Kier alpha value is -2.10. The first-order chi connectivity index (χ1) is 29.3. The molecule has 8 fully saturated rings. The van der Waals surface area contributed by atoms with Gasteiger partial charge in [0.2, 0.25) is 11.8 Å². The van der Waals surface area contributed by atoms with Crippen molar-refractivity contribution in [2.24, 2.45) is 22.7 Å². The van der Waals surface area contributed by atoms with Crippen molar-refractivity contribution >= 4 is 48.0 Å². The zero-order valence-corrected chi connectivity index (χ0v) is 40.7. The van der Waals surface area contributed by atoms with Crippen molar-refractivity contribution in [3.05, 3.63) is 0 Å². The average molecular weight is 914 g/mol. The lowest BCUT2D eigenvalue weighted by molar-refractivity contribution is -0.130. The largest absolute Gasteiger partial charge is 0.450 e. The number of hydrogen-bond donors (Lipinski definition) is 1. The van der Waals surface area contributed by atoms with Crippen LogP contribution >= 0.6 is 24.0 Å². The molecule has 8 aliphatic rings. The number of hydrogen-bond acceptors (Lipinski definition) is 10. The number of amides is 4. The minimum Gasteiger partial charge on any atom is -0.450 e. The molecule has 2 atom stereocenters. The molecule has 2 spiro atoms. The lowest BCUT2D eigenvalue weighted by Gasteiger charge is -2.52. The third-order valence-corrected chi connectivity index (χ3v) is 16.1. The van der Waals surface area contributed by atoms with Gasteiger partial charge in [0, 0.05) is 78.5 Å². The normalized spacial score (nSPS) is 31.6. The minimum atomic E-state index is -0.132. The van der Waals surface area contributed by atoms with Gasteiger partial charge >= 0.3 is 12.2 Å². The fourth-order valence-electron chi connectivity index (χ4n) is 12.2. The molecule has 0 aromatic rings. The zero-order valence-electron chi connectivity index (χ0n) is 39.1. The first-order valence-electron chi connectivity index (χ1n) is 24.0. The van der Waals surface area contributed by atoms with Gasteiger partial charge in [-0.1, -0.05) is 0 Å². The summed E-state index contributed by atoms with van der Waals surface area (Å²) in [7, 11) is 7.05. The molecule has 14 nitrogen and oxygen atoms in total. The van der Waals surface area contributed by atoms with Crippen LogP contribution in [0.1, 0.15) is 104 Å². The number of nitrogens with one attached hydrogen (secondary N) is 1. The van der Waals surface area contributed by atoms with Crippen LogP contribution in [0.5, 0.6) is 0 Å². The van der Waals surface area contributed by atoms with Crippen LogP contribution in [0.2, 0.25) is 0 Å². The summed E-state index contributed by atoms with van der Waals surface area (Å²) in [6, 6.07) is 2.86. The van der Waals surface area contributed by atoms with E-state index in [-0.39, 0.29) is 42.3 Å². The Balaban J connectivity index is 0.000000204. The summed E-state index contributed by atoms with van der Waals surface area (Å²) in [6.45, 7) is 16.1. The monoisotopic (exact) mass is 913 g/mol. The molecule has 0 unspecified atom stereocenters. The Labute approximate surface area is 384 Å². The molecule has 356 valence electrons. The van der Waals surface area contributed by atoms with Gasteiger partial charge in [-0.25, -0.2) is 9.59 Å². The smallest absolute Gasteiger partial charge is 0.409 e. The fraction of sp³-hybridized carbons (Fsp3) is 0.913. The van der Waals surface area contributed by atoms with E-state index < -0.39 is 0 Å². The second-order valence-corrected chi connectivity index (χ2v) is 20.5. The zero-order chi connectivity index (χ0) is 43.7. The van der Waals surface area contributed by atoms with Crippen LogP contribution < -0.4 is 5.32 Å². The average Bonchev–Trinajstić information content (AvgIpc) is 4.08. The third kappa shape index (κ3) is 12.8. The predicted octanol–water partition coefficient (Wildman–Crippen LogP) is 5.46. The van der Waals surface area contributed by atoms with E-state index in [0.717, 1.165) is 63.1 Å². The Morgan fingerprint density at radius 2 is 1.13 bits per heavy atom. The highest BCUT2D eigenvalue weighted by Gasteiger charge is 2.53. The highest BCUT2D eigenvalue weighted by atomic mass is 35.5. The van der Waals surface area contributed by atoms with Gasteiger partial charge in [-0.2, -0.15) is 0 Å². The standard InChI is InChI=1S/C23H40N4O3.C19H33N3O2.C4H8ClNO.ClH/c1-4-30-22(29)27-13-9-23(17-27)14-19(15-23)25-11-7-18(8-12-25)20-6-5-10-26(20)16-21(28)24(2)3;1-2-24-18(23)22-11-7-19(14-22)12-16(13-19)21-9-5-15(6-10-21)17-4-3-8-20-17;1-6(2)4(7)3-5;/h18-20H,4-17H2,1-3H3;15-17,20H,2-14H2,1H3;3H2,1-2H3;1H/t19?,20-,23?;16?,17-,19?;;/m00../s1. The van der Waals surface area contributed by atoms with E-state index in [1.165, 1.54) is 121 Å². The topological polar surface area (TPSA) is 121 Å². The van der Waals surface area contributed by atoms with E-state index in [0.29, 0.717) is 42.7 Å². The van der Waals surface area contributed by atoms with Crippen LogP contribution in [0, 0.1) is 22.7 Å². The fourth-order valence-corrected chi connectivity index (χ4v) is 12.4. The van der Waals surface area contributed by atoms with Crippen molar-refractivity contribution in [2.45, 2.75) is 128 Å². The van der Waals surface area contributed by atoms with Gasteiger partial charge in [-0.3, -0.25) is 14.5 Å². The van der Waals surface area contributed by atoms with Gasteiger partial charge in [0.25, 0.3) is 0 Å². The lowest BCUT2D eigenvalue weighted by Crippen LogP contribution is -2.55. The summed E-state index contributed by atoms with van der Waals surface area (Å²) in [6.07, 6.45) is 17.6. The number of carbonyl (C=O) groups excluding carboxylic acids is 4. The Morgan fingerprint density at radius 3 is 1.53 bits per heavy atom. The molecule has 1 N–H and O–H groups in total. The SMILES string of the molecule is CCOC(=O)N1CCC2(CC(N3CCC([C@@H]4CCCN4)CC3)C2)C1.CCOC(=O)N1CCC2(CC(N3CCC([C@@H]4CCCN4CC(=O)N(C)C)CC3)C2)C1.CN(C)C(=O)CCl.Cl. The van der Waals surface area contributed by atoms with Gasteiger partial charge in [0.05, 0.1) is 19.8 Å². The number of ether oxygens (including phenoxy) is 2. The van der Waals surface area contributed by atoms with Gasteiger partial charge in [-0.05, 0) is 166 Å². The summed E-state index contributed by atoms with van der Waals surface area (Å²) < 4.78 is 10.3. The highest BCUT2D eigenvalue weighted by Crippen LogP contribution is 2.52. The first-order valence-corrected chi connectivity index (χ1v) is 24.6. The van der Waals surface area contributed by atoms with Crippen LogP contribution in [-0.2, 0) is 19.1 Å². The molecule has 8 rings (SSSR count). The van der Waals surface area contributed by atoms with Crippen molar-refractivity contribution < 1.29 is 28.7 Å². The van der Waals surface area contributed by atoms with Crippen LogP contribution in [0.4, 0.5) is 9.59 Å². The summed E-state index contributed by atoms with van der Waals surface area (Å²) in [5.41, 5.74) is 0.754. The van der Waals surface area contributed by atoms with Crippen LogP contribution in [-0.4, -0.2) is 202 Å². The molecule has 6 heterocycles. The molecule has 6 aliphatic heterocycles. The van der Waals surface area contributed by atoms with Crippen molar-refractivity contribution in [1.82, 2.24) is 39.6 Å². The Kier molecular flexibility index (Phi) is 19.2. The van der Waals surface area contributed by atoms with E-state index in [1.54, 1.807) is 19.0 Å². The number of nitrogens with zero attached hydrogens (tertiary/aromatic N) is 7. The maximum absolute atomic E-state index is 12.2. The number of alkyl halides is 1. The van der Waals surface area contributed by atoms with Gasteiger partial charge in [0.15, 0.2) is 0 Å². The number of rotatable bonds is 9. The molecule has 62 heavy (non-hydrogen) atoms. The number of halogens is 2. The van der Waals surface area contributed by atoms with Crippen molar-refractivity contribution in [3.8, 4) is 0 Å². The van der Waals surface area contributed by atoms with Crippen molar-refractivity contribution in [2.75, 3.05) is 119 Å². The third-order valence-electron chi connectivity index (χ3n) is 15.9. The molecular weight excluding hydrogens is 831 g/mol. The van der Waals surface area contributed by atoms with E-state index >= 15 is 0 Å². The maximum atomic E-state index is 12.2. The molecule has 4 amide bonds. The number of likely N-dealkylation sites (tertiary alicyclic amines) is 5. The molecular formula is C46H82Cl2N8O6. The van der Waals surface area contributed by atoms with Gasteiger partial charge in [0.1, 0.15) is 5.88 Å². The maximum Gasteiger partial charge on any atom is 0.409 e. The highest BCUT2D eigenvalue weighted by molar-refractivity contribution is 6.27. The van der Waals surface area contributed by atoms with Crippen molar-refractivity contribution in [3.63, 3.8) is 0 Å². The molecule has 6 saturated heterocycles. The summed E-state index contributed by atoms with van der Waals surface area (Å²) in [5.74, 6) is 1.89. The molecule has 0 bridgehead atoms. The molecule has 0 aromatic heterocycles. The lowest BCUT2D eigenvalue weighted by atomic mass is 9.64. The number of carbonyl (C=O) groups is 4. The van der Waals surface area contributed by atoms with E-state index in [4.69, 9.17) is 21.1 Å². The molecule has 2 aliphatic carbocycles.